The first-order chi connectivity index (χ1) is 11.3. The van der Waals surface area contributed by atoms with E-state index in [-0.39, 0.29) is 12.1 Å². The molecule has 2 aliphatic carbocycles. The third-order valence-electron chi connectivity index (χ3n) is 4.71. The van der Waals surface area contributed by atoms with Gasteiger partial charge in [-0.3, -0.25) is 0 Å². The van der Waals surface area contributed by atoms with Crippen LogP contribution in [0.5, 0.6) is 0 Å². The van der Waals surface area contributed by atoms with E-state index in [9.17, 15) is 4.79 Å². The Balaban J connectivity index is 1.43. The summed E-state index contributed by atoms with van der Waals surface area (Å²) in [5, 5.41) is 6.42. The Labute approximate surface area is 144 Å². The minimum atomic E-state index is -0.462. The van der Waals surface area contributed by atoms with Gasteiger partial charge in [-0.2, -0.15) is 0 Å². The van der Waals surface area contributed by atoms with E-state index in [2.05, 4.69) is 29.7 Å². The Bertz CT molecular complexity index is 571. The van der Waals surface area contributed by atoms with E-state index in [1.807, 2.05) is 20.8 Å². The van der Waals surface area contributed by atoms with E-state index in [0.717, 1.165) is 24.0 Å². The SMILES string of the molecule is CC1CC1c1ccc(CNCC(NC(=O)OC(C)(C)C)C2CC2)o1. The average molecular weight is 334 g/mol. The van der Waals surface area contributed by atoms with Crippen molar-refractivity contribution in [2.24, 2.45) is 11.8 Å². The quantitative estimate of drug-likeness (QED) is 0.796. The maximum Gasteiger partial charge on any atom is 0.407 e. The Morgan fingerprint density at radius 3 is 2.67 bits per heavy atom. The Hall–Kier alpha value is -1.49. The molecule has 3 atom stereocenters. The predicted molar refractivity (Wildman–Crippen MR) is 92.8 cm³/mol. The number of alkyl carbamates (subject to hydrolysis) is 1. The molecule has 3 rings (SSSR count). The van der Waals surface area contributed by atoms with Gasteiger partial charge in [0, 0.05) is 18.5 Å². The molecule has 2 N–H and O–H groups in total. The molecular weight excluding hydrogens is 304 g/mol. The highest BCUT2D eigenvalue weighted by Gasteiger charge is 2.36. The van der Waals surface area contributed by atoms with E-state index < -0.39 is 5.60 Å². The van der Waals surface area contributed by atoms with E-state index in [4.69, 9.17) is 9.15 Å². The minimum Gasteiger partial charge on any atom is -0.464 e. The highest BCUT2D eigenvalue weighted by molar-refractivity contribution is 5.68. The van der Waals surface area contributed by atoms with Crippen LogP contribution >= 0.6 is 0 Å². The molecule has 0 spiro atoms. The lowest BCUT2D eigenvalue weighted by atomic mass is 10.2. The number of carbonyl (C=O) groups excluding carboxylic acids is 1. The van der Waals surface area contributed by atoms with Gasteiger partial charge in [0.1, 0.15) is 17.1 Å². The molecular formula is C19H30N2O3. The third-order valence-corrected chi connectivity index (χ3v) is 4.71. The highest BCUT2D eigenvalue weighted by atomic mass is 16.6. The zero-order valence-electron chi connectivity index (χ0n) is 15.2. The molecule has 1 heterocycles. The maximum atomic E-state index is 12.0. The molecule has 0 radical (unpaired) electrons. The van der Waals surface area contributed by atoms with Gasteiger partial charge in [0.05, 0.1) is 6.54 Å². The number of rotatable bonds is 7. The molecule has 3 unspecified atom stereocenters. The molecule has 5 heteroatoms. The summed E-state index contributed by atoms with van der Waals surface area (Å²) in [5.74, 6) is 4.02. The van der Waals surface area contributed by atoms with E-state index in [0.29, 0.717) is 18.4 Å². The molecule has 0 bridgehead atoms. The first kappa shape index (κ1) is 17.3. The molecule has 1 amide bonds. The number of hydrogen-bond acceptors (Lipinski definition) is 4. The summed E-state index contributed by atoms with van der Waals surface area (Å²) < 4.78 is 11.3. The first-order valence-electron chi connectivity index (χ1n) is 9.10. The minimum absolute atomic E-state index is 0.123. The Morgan fingerprint density at radius 1 is 1.38 bits per heavy atom. The van der Waals surface area contributed by atoms with Crippen molar-refractivity contribution in [2.45, 2.75) is 71.1 Å². The van der Waals surface area contributed by atoms with Crippen molar-refractivity contribution in [2.75, 3.05) is 6.54 Å². The van der Waals surface area contributed by atoms with Gasteiger partial charge in [-0.05, 0) is 64.0 Å². The van der Waals surface area contributed by atoms with Gasteiger partial charge in [-0.1, -0.05) is 6.92 Å². The van der Waals surface area contributed by atoms with Crippen LogP contribution in [0.25, 0.3) is 0 Å². The summed E-state index contributed by atoms with van der Waals surface area (Å²) >= 11 is 0. The number of furan rings is 1. The smallest absolute Gasteiger partial charge is 0.407 e. The molecule has 134 valence electrons. The van der Waals surface area contributed by atoms with Crippen LogP contribution in [-0.2, 0) is 11.3 Å². The van der Waals surface area contributed by atoms with Crippen LogP contribution in [0.2, 0.25) is 0 Å². The third kappa shape index (κ3) is 5.00. The zero-order chi connectivity index (χ0) is 17.3. The van der Waals surface area contributed by atoms with Gasteiger partial charge < -0.3 is 19.8 Å². The van der Waals surface area contributed by atoms with Crippen LogP contribution in [0.4, 0.5) is 4.79 Å². The Kier molecular flexibility index (Phi) is 4.90. The molecule has 5 nitrogen and oxygen atoms in total. The monoisotopic (exact) mass is 334 g/mol. The lowest BCUT2D eigenvalue weighted by Crippen LogP contribution is -2.45. The lowest BCUT2D eigenvalue weighted by molar-refractivity contribution is 0.0497. The molecule has 2 aliphatic rings. The van der Waals surface area contributed by atoms with Crippen LogP contribution < -0.4 is 10.6 Å². The van der Waals surface area contributed by atoms with E-state index in [1.54, 1.807) is 0 Å². The molecule has 0 aliphatic heterocycles. The average Bonchev–Trinajstić information content (AvgIpc) is 3.37. The van der Waals surface area contributed by atoms with Crippen molar-refractivity contribution >= 4 is 6.09 Å². The predicted octanol–water partition coefficient (Wildman–Crippen LogP) is 3.80. The van der Waals surface area contributed by atoms with Crippen molar-refractivity contribution in [3.63, 3.8) is 0 Å². The van der Waals surface area contributed by atoms with Crippen LogP contribution in [0.3, 0.4) is 0 Å². The van der Waals surface area contributed by atoms with Gasteiger partial charge in [-0.25, -0.2) is 4.79 Å². The standard InChI is InChI=1S/C19H30N2O3/c1-12-9-15(12)17-8-7-14(23-17)10-20-11-16(13-5-6-13)21-18(22)24-19(2,3)4/h7-8,12-13,15-16,20H,5-6,9-11H2,1-4H3,(H,21,22). The highest BCUT2D eigenvalue weighted by Crippen LogP contribution is 2.47. The van der Waals surface area contributed by atoms with Crippen molar-refractivity contribution in [3.8, 4) is 0 Å². The van der Waals surface area contributed by atoms with Crippen molar-refractivity contribution in [3.05, 3.63) is 23.7 Å². The fraction of sp³-hybridized carbons (Fsp3) is 0.737. The summed E-state index contributed by atoms with van der Waals surface area (Å²) in [6, 6.07) is 4.28. The van der Waals surface area contributed by atoms with Gasteiger partial charge in [0.2, 0.25) is 0 Å². The number of nitrogens with one attached hydrogen (secondary N) is 2. The molecule has 2 fully saturated rings. The van der Waals surface area contributed by atoms with Crippen LogP contribution in [0.1, 0.15) is 64.4 Å². The fourth-order valence-corrected chi connectivity index (χ4v) is 3.05. The van der Waals surface area contributed by atoms with Crippen LogP contribution in [-0.4, -0.2) is 24.3 Å². The topological polar surface area (TPSA) is 63.5 Å². The maximum absolute atomic E-state index is 12.0. The number of amides is 1. The first-order valence-corrected chi connectivity index (χ1v) is 9.10. The molecule has 0 aromatic carbocycles. The van der Waals surface area contributed by atoms with Gasteiger partial charge >= 0.3 is 6.09 Å². The lowest BCUT2D eigenvalue weighted by Gasteiger charge is -2.23. The van der Waals surface area contributed by atoms with E-state index >= 15 is 0 Å². The van der Waals surface area contributed by atoms with Crippen molar-refractivity contribution < 1.29 is 13.9 Å². The normalized spacial score (nSPS) is 24.5. The van der Waals surface area contributed by atoms with Gasteiger partial charge in [0.25, 0.3) is 0 Å². The summed E-state index contributed by atoms with van der Waals surface area (Å²) in [5.41, 5.74) is -0.462. The Morgan fingerprint density at radius 2 is 2.08 bits per heavy atom. The molecule has 1 aromatic heterocycles. The summed E-state index contributed by atoms with van der Waals surface area (Å²) in [7, 11) is 0. The van der Waals surface area contributed by atoms with Gasteiger partial charge in [-0.15, -0.1) is 0 Å². The number of hydrogen-bond donors (Lipinski definition) is 2. The molecule has 2 saturated carbocycles. The van der Waals surface area contributed by atoms with Crippen LogP contribution in [0, 0.1) is 11.8 Å². The number of carbonyl (C=O) groups is 1. The summed E-state index contributed by atoms with van der Waals surface area (Å²) in [6.45, 7) is 9.33. The second-order valence-electron chi connectivity index (χ2n) is 8.34. The van der Waals surface area contributed by atoms with Crippen molar-refractivity contribution in [1.82, 2.24) is 10.6 Å². The molecule has 0 saturated heterocycles. The largest absolute Gasteiger partial charge is 0.464 e. The molecule has 1 aromatic rings. The summed E-state index contributed by atoms with van der Waals surface area (Å²) in [4.78, 5) is 12.0. The molecule has 24 heavy (non-hydrogen) atoms. The van der Waals surface area contributed by atoms with Gasteiger partial charge in [0.15, 0.2) is 0 Å². The summed E-state index contributed by atoms with van der Waals surface area (Å²) in [6.07, 6.45) is 3.26. The van der Waals surface area contributed by atoms with E-state index in [1.165, 1.54) is 19.3 Å². The fourth-order valence-electron chi connectivity index (χ4n) is 3.05. The zero-order valence-corrected chi connectivity index (χ0v) is 15.2. The van der Waals surface area contributed by atoms with Crippen molar-refractivity contribution in [1.29, 1.82) is 0 Å². The number of ether oxygens (including phenoxy) is 1. The second kappa shape index (κ2) is 6.79. The van der Waals surface area contributed by atoms with Crippen LogP contribution in [0.15, 0.2) is 16.5 Å². The second-order valence-corrected chi connectivity index (χ2v) is 8.34.